The predicted molar refractivity (Wildman–Crippen MR) is 61.6 cm³/mol. The Morgan fingerprint density at radius 3 is 2.81 bits per heavy atom. The van der Waals surface area contributed by atoms with Gasteiger partial charge in [0.2, 0.25) is 0 Å². The van der Waals surface area contributed by atoms with E-state index in [9.17, 15) is 4.79 Å². The summed E-state index contributed by atoms with van der Waals surface area (Å²) in [4.78, 5) is 10.9. The van der Waals surface area contributed by atoms with Gasteiger partial charge < -0.3 is 15.2 Å². The van der Waals surface area contributed by atoms with Crippen molar-refractivity contribution in [2.45, 2.75) is 13.0 Å². The Morgan fingerprint density at radius 2 is 2.25 bits per heavy atom. The third-order valence-corrected chi connectivity index (χ3v) is 2.27. The quantitative estimate of drug-likeness (QED) is 0.821. The van der Waals surface area contributed by atoms with E-state index in [0.717, 1.165) is 5.56 Å². The zero-order valence-corrected chi connectivity index (χ0v) is 9.95. The minimum Gasteiger partial charge on any atom is -0.482 e. The number of nitrogens with two attached hydrogens (primary N) is 1. The van der Waals surface area contributed by atoms with Crippen molar-refractivity contribution in [3.8, 4) is 5.75 Å². The van der Waals surface area contributed by atoms with Crippen LogP contribution >= 0.6 is 11.6 Å². The molecule has 1 aromatic carbocycles. The van der Waals surface area contributed by atoms with E-state index in [1.54, 1.807) is 18.2 Å². The zero-order chi connectivity index (χ0) is 12.1. The molecule has 0 fully saturated rings. The summed E-state index contributed by atoms with van der Waals surface area (Å²) in [6, 6.07) is 4.87. The SMILES string of the molecule is COC(=O)COc1ccc(Cl)cc1[C@@H](C)N. The molecule has 0 radical (unpaired) electrons. The molecule has 0 saturated carbocycles. The number of esters is 1. The third kappa shape index (κ3) is 3.40. The van der Waals surface area contributed by atoms with E-state index >= 15 is 0 Å². The second-order valence-corrected chi connectivity index (χ2v) is 3.77. The largest absolute Gasteiger partial charge is 0.482 e. The maximum atomic E-state index is 10.9. The summed E-state index contributed by atoms with van der Waals surface area (Å²) in [6.45, 7) is 1.68. The molecule has 0 spiro atoms. The first-order chi connectivity index (χ1) is 7.54. The fourth-order valence-electron chi connectivity index (χ4n) is 1.20. The minimum atomic E-state index is -0.439. The molecule has 1 atom stereocenters. The van der Waals surface area contributed by atoms with E-state index < -0.39 is 5.97 Å². The molecular weight excluding hydrogens is 230 g/mol. The van der Waals surface area contributed by atoms with Crippen molar-refractivity contribution in [1.82, 2.24) is 0 Å². The Labute approximate surface area is 99.3 Å². The molecule has 0 aromatic heterocycles. The van der Waals surface area contributed by atoms with Crippen LogP contribution in [0.25, 0.3) is 0 Å². The molecule has 0 amide bonds. The molecule has 1 rings (SSSR count). The molecule has 16 heavy (non-hydrogen) atoms. The summed E-state index contributed by atoms with van der Waals surface area (Å²) in [7, 11) is 1.31. The summed E-state index contributed by atoms with van der Waals surface area (Å²) in [5.74, 6) is 0.107. The number of methoxy groups -OCH3 is 1. The van der Waals surface area contributed by atoms with Crippen LogP contribution in [0.5, 0.6) is 5.75 Å². The second-order valence-electron chi connectivity index (χ2n) is 3.34. The Balaban J connectivity index is 2.82. The number of hydrogen-bond donors (Lipinski definition) is 1. The number of carbonyl (C=O) groups excluding carboxylic acids is 1. The number of halogens is 1. The number of carbonyl (C=O) groups is 1. The average Bonchev–Trinajstić information content (AvgIpc) is 2.26. The Bertz CT molecular complexity index is 379. The second kappa shape index (κ2) is 5.72. The van der Waals surface area contributed by atoms with Crippen LogP contribution in [-0.2, 0) is 9.53 Å². The Morgan fingerprint density at radius 1 is 1.56 bits per heavy atom. The lowest BCUT2D eigenvalue weighted by Gasteiger charge is -2.13. The van der Waals surface area contributed by atoms with Crippen LogP contribution in [0, 0.1) is 0 Å². The topological polar surface area (TPSA) is 61.5 Å². The average molecular weight is 244 g/mol. The smallest absolute Gasteiger partial charge is 0.343 e. The first-order valence-corrected chi connectivity index (χ1v) is 5.17. The van der Waals surface area contributed by atoms with Crippen molar-refractivity contribution in [1.29, 1.82) is 0 Å². The van der Waals surface area contributed by atoms with Crippen LogP contribution in [-0.4, -0.2) is 19.7 Å². The molecular formula is C11H14ClNO3. The van der Waals surface area contributed by atoms with Crippen molar-refractivity contribution >= 4 is 17.6 Å². The van der Waals surface area contributed by atoms with Gasteiger partial charge in [-0.1, -0.05) is 11.6 Å². The van der Waals surface area contributed by atoms with Crippen molar-refractivity contribution in [3.63, 3.8) is 0 Å². The molecule has 0 unspecified atom stereocenters. The fraction of sp³-hybridized carbons (Fsp3) is 0.364. The molecule has 0 bridgehead atoms. The normalized spacial score (nSPS) is 12.0. The molecule has 0 aliphatic heterocycles. The van der Waals surface area contributed by atoms with Gasteiger partial charge in [-0.2, -0.15) is 0 Å². The van der Waals surface area contributed by atoms with Gasteiger partial charge >= 0.3 is 5.97 Å². The standard InChI is InChI=1S/C11H14ClNO3/c1-7(13)9-5-8(12)3-4-10(9)16-6-11(14)15-2/h3-5,7H,6,13H2,1-2H3/t7-/m1/s1. The first-order valence-electron chi connectivity index (χ1n) is 4.79. The highest BCUT2D eigenvalue weighted by atomic mass is 35.5. The minimum absolute atomic E-state index is 0.141. The first kappa shape index (κ1) is 12.8. The van der Waals surface area contributed by atoms with Gasteiger partial charge in [0.15, 0.2) is 6.61 Å². The number of hydrogen-bond acceptors (Lipinski definition) is 4. The maximum absolute atomic E-state index is 10.9. The van der Waals surface area contributed by atoms with Gasteiger partial charge in [0.25, 0.3) is 0 Å². The summed E-state index contributed by atoms with van der Waals surface area (Å²) >= 11 is 5.85. The van der Waals surface area contributed by atoms with Gasteiger partial charge in [-0.3, -0.25) is 0 Å². The van der Waals surface area contributed by atoms with Crippen molar-refractivity contribution in [2.24, 2.45) is 5.73 Å². The van der Waals surface area contributed by atoms with Gasteiger partial charge in [0.05, 0.1) is 7.11 Å². The molecule has 88 valence electrons. The Hall–Kier alpha value is -1.26. The van der Waals surface area contributed by atoms with E-state index in [1.165, 1.54) is 7.11 Å². The van der Waals surface area contributed by atoms with Crippen LogP contribution < -0.4 is 10.5 Å². The third-order valence-electron chi connectivity index (χ3n) is 2.04. The van der Waals surface area contributed by atoms with Gasteiger partial charge in [-0.05, 0) is 25.1 Å². The number of rotatable bonds is 4. The molecule has 0 saturated heterocycles. The predicted octanol–water partition coefficient (Wildman–Crippen LogP) is 1.91. The highest BCUT2D eigenvalue weighted by molar-refractivity contribution is 6.30. The van der Waals surface area contributed by atoms with Crippen LogP contribution in [0.2, 0.25) is 5.02 Å². The van der Waals surface area contributed by atoms with Gasteiger partial charge in [0, 0.05) is 16.6 Å². The molecule has 0 aliphatic rings. The summed E-state index contributed by atoms with van der Waals surface area (Å²) in [5.41, 5.74) is 6.53. The number of benzene rings is 1. The molecule has 0 heterocycles. The van der Waals surface area contributed by atoms with E-state index in [4.69, 9.17) is 22.1 Å². The molecule has 0 aliphatic carbocycles. The van der Waals surface area contributed by atoms with Crippen molar-refractivity contribution in [3.05, 3.63) is 28.8 Å². The number of ether oxygens (including phenoxy) is 2. The van der Waals surface area contributed by atoms with Crippen LogP contribution in [0.4, 0.5) is 0 Å². The molecule has 1 aromatic rings. The molecule has 5 heteroatoms. The van der Waals surface area contributed by atoms with Gasteiger partial charge in [-0.25, -0.2) is 4.79 Å². The van der Waals surface area contributed by atoms with Gasteiger partial charge in [-0.15, -0.1) is 0 Å². The summed E-state index contributed by atoms with van der Waals surface area (Å²) in [6.07, 6.45) is 0. The van der Waals surface area contributed by atoms with Gasteiger partial charge in [0.1, 0.15) is 5.75 Å². The van der Waals surface area contributed by atoms with E-state index in [1.807, 2.05) is 6.92 Å². The molecule has 2 N–H and O–H groups in total. The van der Waals surface area contributed by atoms with Crippen LogP contribution in [0.1, 0.15) is 18.5 Å². The summed E-state index contributed by atoms with van der Waals surface area (Å²) in [5, 5.41) is 0.581. The fourth-order valence-corrected chi connectivity index (χ4v) is 1.38. The summed E-state index contributed by atoms with van der Waals surface area (Å²) < 4.78 is 9.77. The van der Waals surface area contributed by atoms with Crippen LogP contribution in [0.3, 0.4) is 0 Å². The highest BCUT2D eigenvalue weighted by Gasteiger charge is 2.10. The Kier molecular flexibility index (Phi) is 4.58. The lowest BCUT2D eigenvalue weighted by Crippen LogP contribution is -2.15. The lowest BCUT2D eigenvalue weighted by atomic mass is 10.1. The maximum Gasteiger partial charge on any atom is 0.343 e. The lowest BCUT2D eigenvalue weighted by molar-refractivity contribution is -0.142. The van der Waals surface area contributed by atoms with E-state index in [2.05, 4.69) is 4.74 Å². The highest BCUT2D eigenvalue weighted by Crippen LogP contribution is 2.27. The van der Waals surface area contributed by atoms with E-state index in [-0.39, 0.29) is 12.6 Å². The van der Waals surface area contributed by atoms with Crippen LogP contribution in [0.15, 0.2) is 18.2 Å². The molecule has 4 nitrogen and oxygen atoms in total. The van der Waals surface area contributed by atoms with E-state index in [0.29, 0.717) is 10.8 Å². The van der Waals surface area contributed by atoms with Crippen molar-refractivity contribution < 1.29 is 14.3 Å². The zero-order valence-electron chi connectivity index (χ0n) is 9.20. The van der Waals surface area contributed by atoms with Crippen molar-refractivity contribution in [2.75, 3.05) is 13.7 Å². The monoisotopic (exact) mass is 243 g/mol.